The molecule has 0 heterocycles. The van der Waals surface area contributed by atoms with Crippen LogP contribution in [-0.4, -0.2) is 13.0 Å². The average Bonchev–Trinajstić information content (AvgIpc) is 0.722. The molecule has 0 atom stereocenters. The molecule has 0 N–H and O–H groups in total. The zero-order valence-corrected chi connectivity index (χ0v) is 7.92. The first kappa shape index (κ1) is 10.6. The first-order valence-corrected chi connectivity index (χ1v) is 4.52. The molecule has 0 amide bonds. The van der Waals surface area contributed by atoms with E-state index in [9.17, 15) is 0 Å². The molecule has 0 aromatic heterocycles. The minimum Gasteiger partial charge on any atom is 1.00 e. The van der Waals surface area contributed by atoms with Crippen LogP contribution in [0.5, 0.6) is 0 Å². The van der Waals surface area contributed by atoms with Gasteiger partial charge < -0.3 is 0 Å². The molecule has 0 aliphatic carbocycles. The Balaban J connectivity index is 0. The van der Waals surface area contributed by atoms with Gasteiger partial charge in [0, 0.05) is 0 Å². The molecule has 0 saturated carbocycles. The molecule has 6 heteroatoms. The molecule has 0 unspecified atom stereocenters. The van der Waals surface area contributed by atoms with E-state index < -0.39 is 7.58 Å². The summed E-state index contributed by atoms with van der Waals surface area (Å²) in [4.78, 5) is 0. The van der Waals surface area contributed by atoms with E-state index >= 15 is 0 Å². The summed E-state index contributed by atoms with van der Waals surface area (Å²) in [5.41, 5.74) is 0. The van der Waals surface area contributed by atoms with E-state index in [1.807, 2.05) is 0 Å². The Labute approximate surface area is 69.0 Å². The molecular weight excluding hydrogens is 300 g/mol. The minimum atomic E-state index is -3.97. The molecule has 0 aliphatic heterocycles. The van der Waals surface area contributed by atoms with Crippen LogP contribution in [-0.2, 0) is 27.3 Å². The summed E-state index contributed by atoms with van der Waals surface area (Å²) in [7, 11) is -3.97. The maximum Gasteiger partial charge on any atom is 1.00 e. The molecule has 36 valence electrons. The first-order chi connectivity index (χ1) is 2.00. The molecule has 3 nitrogen and oxygen atoms in total. The van der Waals surface area contributed by atoms with Crippen LogP contribution in [0.15, 0.2) is 0 Å². The fourth-order valence-electron chi connectivity index (χ4n) is 0. The second-order valence-electron chi connectivity index (χ2n) is 0.355. The fraction of sp³-hybridized carbons (Fsp3) is 0. The second-order valence-corrected chi connectivity index (χ2v) is 4.31. The van der Waals surface area contributed by atoms with Gasteiger partial charge in [-0.3, -0.25) is 0 Å². The summed E-state index contributed by atoms with van der Waals surface area (Å²) < 4.78 is 27.2. The molecule has 0 rings (SSSR count). The molecule has 0 aromatic rings. The zero-order valence-electron chi connectivity index (χ0n) is 2.93. The Hall–Kier alpha value is 1.65. The van der Waals surface area contributed by atoms with Crippen LogP contribution in [0.1, 0.15) is 0 Å². The largest absolute Gasteiger partial charge is 1.00 e. The monoisotopic (exact) mass is 300 g/mol. The van der Waals surface area contributed by atoms with Crippen molar-refractivity contribution in [1.29, 1.82) is 0 Å². The van der Waals surface area contributed by atoms with Gasteiger partial charge in [0.1, 0.15) is 0 Å². The third-order valence-electron chi connectivity index (χ3n) is 0. The van der Waals surface area contributed by atoms with Gasteiger partial charge in [-0.15, -0.1) is 0 Å². The van der Waals surface area contributed by atoms with Gasteiger partial charge in [0.25, 0.3) is 0 Å². The van der Waals surface area contributed by atoms with Crippen molar-refractivity contribution >= 4 is 7.58 Å². The van der Waals surface area contributed by atoms with E-state index in [1.165, 1.54) is 0 Å². The Morgan fingerprint density at radius 1 is 1.50 bits per heavy atom. The molecule has 0 saturated heterocycles. The van der Waals surface area contributed by atoms with E-state index in [4.69, 9.17) is 13.0 Å². The fourth-order valence-corrected chi connectivity index (χ4v) is 0. The Morgan fingerprint density at radius 3 is 1.50 bits per heavy atom. The normalized spacial score (nSPS) is 9.83. The first-order valence-electron chi connectivity index (χ1n) is 0.623. The zero-order chi connectivity index (χ0) is 4.50. The van der Waals surface area contributed by atoms with Gasteiger partial charge in [-0.05, 0) is 0 Å². The standard InChI is InChI=1S/Au.Na.O3S/c;;1-4(2)3/q;+1;-1. The van der Waals surface area contributed by atoms with Crippen molar-refractivity contribution in [2.75, 3.05) is 0 Å². The molecule has 0 aromatic carbocycles. The average molecular weight is 300 g/mol. The van der Waals surface area contributed by atoms with Gasteiger partial charge in [0.05, 0.1) is 0 Å². The van der Waals surface area contributed by atoms with E-state index in [0.717, 1.165) is 19.7 Å². The van der Waals surface area contributed by atoms with Gasteiger partial charge >= 0.3 is 69.9 Å². The predicted octanol–water partition coefficient (Wildman–Crippen LogP) is -4.00. The van der Waals surface area contributed by atoms with Gasteiger partial charge in [-0.2, -0.15) is 0 Å². The maximum atomic E-state index is 9.05. The Bertz CT molecular complexity index is 94.0. The molecule has 0 radical (unpaired) electrons. The summed E-state index contributed by atoms with van der Waals surface area (Å²) in [6.45, 7) is 0. The van der Waals surface area contributed by atoms with Crippen LogP contribution < -0.4 is 29.6 Å². The van der Waals surface area contributed by atoms with E-state index in [-0.39, 0.29) is 29.6 Å². The van der Waals surface area contributed by atoms with Crippen molar-refractivity contribution in [1.82, 2.24) is 0 Å². The van der Waals surface area contributed by atoms with E-state index in [0.29, 0.717) is 0 Å². The molecule has 0 fully saturated rings. The van der Waals surface area contributed by atoms with Crippen LogP contribution in [0.3, 0.4) is 0 Å². The van der Waals surface area contributed by atoms with Gasteiger partial charge in [-0.1, -0.05) is 0 Å². The van der Waals surface area contributed by atoms with Gasteiger partial charge in [0.2, 0.25) is 0 Å². The van der Waals surface area contributed by atoms with Crippen LogP contribution >= 0.6 is 0 Å². The Morgan fingerprint density at radius 2 is 1.50 bits per heavy atom. The Kier molecular flexibility index (Phi) is 6.41. The van der Waals surface area contributed by atoms with Crippen molar-refractivity contribution in [3.8, 4) is 0 Å². The third-order valence-corrected chi connectivity index (χ3v) is 0. The minimum absolute atomic E-state index is 0. The number of hydrogen-bond donors (Lipinski definition) is 0. The van der Waals surface area contributed by atoms with Crippen LogP contribution in [0.4, 0.5) is 0 Å². The van der Waals surface area contributed by atoms with Crippen LogP contribution in [0.25, 0.3) is 0 Å². The topological polar surface area (TPSA) is 57.2 Å². The molecule has 6 heavy (non-hydrogen) atoms. The molecule has 0 spiro atoms. The van der Waals surface area contributed by atoms with Crippen molar-refractivity contribution in [3.63, 3.8) is 0 Å². The quantitative estimate of drug-likeness (QED) is 0.338. The van der Waals surface area contributed by atoms with Crippen molar-refractivity contribution in [2.24, 2.45) is 0 Å². The van der Waals surface area contributed by atoms with Gasteiger partial charge in [-0.25, -0.2) is 0 Å². The van der Waals surface area contributed by atoms with E-state index in [2.05, 4.69) is 0 Å². The van der Waals surface area contributed by atoms with Gasteiger partial charge in [0.15, 0.2) is 0 Å². The summed E-state index contributed by atoms with van der Waals surface area (Å²) in [5, 5.41) is 0. The van der Waals surface area contributed by atoms with Crippen molar-refractivity contribution in [3.05, 3.63) is 0 Å². The smallest absolute Gasteiger partial charge is 1.00 e. The molecular formula is AuNaO3S. The van der Waals surface area contributed by atoms with Crippen molar-refractivity contribution < 1.29 is 62.3 Å². The third kappa shape index (κ3) is 44.9. The maximum absolute atomic E-state index is 9.05. The van der Waals surface area contributed by atoms with E-state index in [1.54, 1.807) is 0 Å². The number of rotatable bonds is 0. The summed E-state index contributed by atoms with van der Waals surface area (Å²) in [6.07, 6.45) is 0. The number of hydrogen-bond acceptors (Lipinski definition) is 3. The SMILES string of the molecule is O=[S](=O)([O-])[Au].[Na+]. The molecule has 0 aliphatic rings. The molecule has 0 bridgehead atoms. The van der Waals surface area contributed by atoms with Crippen LogP contribution in [0.2, 0.25) is 0 Å². The summed E-state index contributed by atoms with van der Waals surface area (Å²) >= 11 is 0.956. The predicted molar refractivity (Wildman–Crippen MR) is 9.70 cm³/mol. The summed E-state index contributed by atoms with van der Waals surface area (Å²) in [5.74, 6) is 0. The summed E-state index contributed by atoms with van der Waals surface area (Å²) in [6, 6.07) is 0. The second kappa shape index (κ2) is 3.63. The van der Waals surface area contributed by atoms with Crippen molar-refractivity contribution in [2.45, 2.75) is 0 Å². The van der Waals surface area contributed by atoms with Crippen LogP contribution in [0, 0.1) is 0 Å².